The maximum absolute atomic E-state index is 12.5. The van der Waals surface area contributed by atoms with E-state index in [0.29, 0.717) is 35.2 Å². The van der Waals surface area contributed by atoms with E-state index in [4.69, 9.17) is 14.2 Å². The average Bonchev–Trinajstić information content (AvgIpc) is 3.35. The molecular formula is C21H26N2O6S. The predicted molar refractivity (Wildman–Crippen MR) is 113 cm³/mol. The maximum Gasteiger partial charge on any atom is 0.293 e. The second-order valence-corrected chi connectivity index (χ2v) is 7.84. The lowest BCUT2D eigenvalue weighted by atomic mass is 10.2. The Bertz CT molecular complexity index is 835. The van der Waals surface area contributed by atoms with Crippen LogP contribution in [0.25, 0.3) is 6.08 Å². The van der Waals surface area contributed by atoms with Gasteiger partial charge in [0.25, 0.3) is 17.1 Å². The summed E-state index contributed by atoms with van der Waals surface area (Å²) in [5.41, 5.74) is 0.703. The number of rotatable bonds is 9. The Morgan fingerprint density at radius 3 is 2.63 bits per heavy atom. The molecule has 2 aliphatic rings. The molecule has 2 saturated heterocycles. The third-order valence-corrected chi connectivity index (χ3v) is 5.68. The summed E-state index contributed by atoms with van der Waals surface area (Å²) < 4.78 is 16.3. The Labute approximate surface area is 180 Å². The van der Waals surface area contributed by atoms with Crippen molar-refractivity contribution < 1.29 is 28.6 Å². The molecule has 3 rings (SSSR count). The monoisotopic (exact) mass is 434 g/mol. The number of thioether (sulfide) groups is 1. The molecule has 0 atom stereocenters. The van der Waals surface area contributed by atoms with Crippen LogP contribution in [-0.4, -0.2) is 73.4 Å². The van der Waals surface area contributed by atoms with Gasteiger partial charge < -0.3 is 19.1 Å². The second-order valence-electron chi connectivity index (χ2n) is 6.84. The average molecular weight is 435 g/mol. The summed E-state index contributed by atoms with van der Waals surface area (Å²) in [6.07, 6.45) is 3.71. The van der Waals surface area contributed by atoms with Gasteiger partial charge >= 0.3 is 0 Å². The highest BCUT2D eigenvalue weighted by Gasteiger charge is 2.34. The molecule has 2 heterocycles. The van der Waals surface area contributed by atoms with Crippen LogP contribution >= 0.6 is 11.8 Å². The molecule has 9 heteroatoms. The van der Waals surface area contributed by atoms with Crippen molar-refractivity contribution >= 4 is 34.9 Å². The van der Waals surface area contributed by atoms with Gasteiger partial charge in [-0.15, -0.1) is 0 Å². The van der Waals surface area contributed by atoms with Gasteiger partial charge in [0, 0.05) is 20.2 Å². The molecule has 0 aromatic heterocycles. The molecule has 0 saturated carbocycles. The number of benzene rings is 1. The smallest absolute Gasteiger partial charge is 0.293 e. The lowest BCUT2D eigenvalue weighted by Crippen LogP contribution is -2.32. The standard InChI is InChI=1S/C21H26N2O6S/c1-3-28-17-12-15(13-18-20(25)23(10-11-27-2)21(26)30-18)6-7-16(17)29-14-19(24)22-8-4-5-9-22/h6-7,12-13H,3-5,8-11,14H2,1-2H3/b18-13-. The Kier molecular flexibility index (Phi) is 7.75. The van der Waals surface area contributed by atoms with Gasteiger partial charge in [-0.25, -0.2) is 0 Å². The number of ether oxygens (including phenoxy) is 3. The normalized spacial score (nSPS) is 17.9. The number of amides is 3. The number of hydrogen-bond acceptors (Lipinski definition) is 7. The fraction of sp³-hybridized carbons (Fsp3) is 0.476. The Morgan fingerprint density at radius 1 is 1.17 bits per heavy atom. The van der Waals surface area contributed by atoms with Gasteiger partial charge in [0.2, 0.25) is 0 Å². The van der Waals surface area contributed by atoms with Gasteiger partial charge in [0.1, 0.15) is 0 Å². The van der Waals surface area contributed by atoms with Crippen LogP contribution in [0.15, 0.2) is 23.1 Å². The van der Waals surface area contributed by atoms with E-state index in [1.165, 1.54) is 12.0 Å². The number of carbonyl (C=O) groups excluding carboxylic acids is 3. The SMILES string of the molecule is CCOc1cc(/C=C2\SC(=O)N(CCOC)C2=O)ccc1OCC(=O)N1CCCC1. The zero-order valence-corrected chi connectivity index (χ0v) is 18.0. The molecule has 30 heavy (non-hydrogen) atoms. The third kappa shape index (κ3) is 5.34. The summed E-state index contributed by atoms with van der Waals surface area (Å²) in [6.45, 7) is 4.30. The van der Waals surface area contributed by atoms with Crippen molar-refractivity contribution in [3.8, 4) is 11.5 Å². The van der Waals surface area contributed by atoms with E-state index in [9.17, 15) is 14.4 Å². The number of likely N-dealkylation sites (tertiary alicyclic amines) is 1. The molecular weight excluding hydrogens is 408 g/mol. The van der Waals surface area contributed by atoms with Gasteiger partial charge in [-0.05, 0) is 55.3 Å². The van der Waals surface area contributed by atoms with Crippen molar-refractivity contribution in [1.82, 2.24) is 9.80 Å². The van der Waals surface area contributed by atoms with Crippen LogP contribution in [-0.2, 0) is 14.3 Å². The van der Waals surface area contributed by atoms with Crippen molar-refractivity contribution in [2.75, 3.05) is 46.6 Å². The summed E-state index contributed by atoms with van der Waals surface area (Å²) in [5, 5.41) is -0.311. The Balaban J connectivity index is 1.71. The fourth-order valence-corrected chi connectivity index (χ4v) is 4.09. The molecule has 0 unspecified atom stereocenters. The van der Waals surface area contributed by atoms with Crippen LogP contribution in [0.2, 0.25) is 0 Å². The molecule has 0 N–H and O–H groups in total. The first kappa shape index (κ1) is 22.2. The molecule has 1 aromatic carbocycles. The zero-order valence-electron chi connectivity index (χ0n) is 17.2. The minimum Gasteiger partial charge on any atom is -0.490 e. The second kappa shape index (κ2) is 10.5. The van der Waals surface area contributed by atoms with E-state index in [1.807, 2.05) is 6.92 Å². The minimum atomic E-state index is -0.337. The van der Waals surface area contributed by atoms with E-state index in [-0.39, 0.29) is 30.2 Å². The molecule has 2 aliphatic heterocycles. The summed E-state index contributed by atoms with van der Waals surface area (Å²) in [7, 11) is 1.52. The molecule has 2 fully saturated rings. The number of carbonyl (C=O) groups is 3. The van der Waals surface area contributed by atoms with Crippen molar-refractivity contribution in [2.24, 2.45) is 0 Å². The molecule has 1 aromatic rings. The molecule has 0 radical (unpaired) electrons. The molecule has 8 nitrogen and oxygen atoms in total. The minimum absolute atomic E-state index is 0.0382. The first-order valence-electron chi connectivity index (χ1n) is 9.95. The highest BCUT2D eigenvalue weighted by atomic mass is 32.2. The Morgan fingerprint density at radius 2 is 1.93 bits per heavy atom. The van der Waals surface area contributed by atoms with Gasteiger partial charge in [0.15, 0.2) is 18.1 Å². The maximum atomic E-state index is 12.5. The van der Waals surface area contributed by atoms with Crippen LogP contribution in [0.3, 0.4) is 0 Å². The number of nitrogens with zero attached hydrogens (tertiary/aromatic N) is 2. The van der Waals surface area contributed by atoms with E-state index >= 15 is 0 Å². The topological polar surface area (TPSA) is 85.4 Å². The quantitative estimate of drug-likeness (QED) is 0.553. The number of methoxy groups -OCH3 is 1. The molecule has 0 spiro atoms. The highest BCUT2D eigenvalue weighted by Crippen LogP contribution is 2.34. The van der Waals surface area contributed by atoms with Gasteiger partial charge in [0.05, 0.1) is 24.7 Å². The van der Waals surface area contributed by atoms with Crippen LogP contribution in [0.4, 0.5) is 4.79 Å². The first-order valence-corrected chi connectivity index (χ1v) is 10.8. The fourth-order valence-electron chi connectivity index (χ4n) is 3.23. The summed E-state index contributed by atoms with van der Waals surface area (Å²) in [4.78, 5) is 40.1. The van der Waals surface area contributed by atoms with Crippen LogP contribution in [0.5, 0.6) is 11.5 Å². The first-order chi connectivity index (χ1) is 14.5. The molecule has 0 bridgehead atoms. The van der Waals surface area contributed by atoms with E-state index in [0.717, 1.165) is 37.7 Å². The van der Waals surface area contributed by atoms with Crippen LogP contribution in [0, 0.1) is 0 Å². The summed E-state index contributed by atoms with van der Waals surface area (Å²) in [6, 6.07) is 5.22. The van der Waals surface area contributed by atoms with Gasteiger partial charge in [-0.2, -0.15) is 0 Å². The van der Waals surface area contributed by atoms with Gasteiger partial charge in [-0.1, -0.05) is 6.07 Å². The van der Waals surface area contributed by atoms with Crippen LogP contribution in [0.1, 0.15) is 25.3 Å². The van der Waals surface area contributed by atoms with E-state index in [2.05, 4.69) is 0 Å². The molecule has 0 aliphatic carbocycles. The Hall–Kier alpha value is -2.52. The summed E-state index contributed by atoms with van der Waals surface area (Å²) >= 11 is 0.899. The zero-order chi connectivity index (χ0) is 21.5. The highest BCUT2D eigenvalue weighted by molar-refractivity contribution is 8.18. The lowest BCUT2D eigenvalue weighted by molar-refractivity contribution is -0.132. The lowest BCUT2D eigenvalue weighted by Gasteiger charge is -2.17. The van der Waals surface area contributed by atoms with Crippen molar-refractivity contribution in [3.63, 3.8) is 0 Å². The summed E-state index contributed by atoms with van der Waals surface area (Å²) in [5.74, 6) is 0.578. The number of hydrogen-bond donors (Lipinski definition) is 0. The van der Waals surface area contributed by atoms with Crippen molar-refractivity contribution in [1.29, 1.82) is 0 Å². The number of imide groups is 1. The van der Waals surface area contributed by atoms with E-state index in [1.54, 1.807) is 29.2 Å². The largest absolute Gasteiger partial charge is 0.490 e. The van der Waals surface area contributed by atoms with Crippen LogP contribution < -0.4 is 9.47 Å². The van der Waals surface area contributed by atoms with Crippen molar-refractivity contribution in [2.45, 2.75) is 19.8 Å². The van der Waals surface area contributed by atoms with Crippen molar-refractivity contribution in [3.05, 3.63) is 28.7 Å². The molecule has 3 amide bonds. The van der Waals surface area contributed by atoms with E-state index < -0.39 is 0 Å². The molecule has 162 valence electrons. The third-order valence-electron chi connectivity index (χ3n) is 4.77. The predicted octanol–water partition coefficient (Wildman–Crippen LogP) is 2.77. The van der Waals surface area contributed by atoms with Gasteiger partial charge in [-0.3, -0.25) is 19.3 Å².